The number of carbonyl (C=O) groups excluding carboxylic acids is 6. The number of Topliss-reactive ketones (excluding diaryl/α,β-unsaturated/α-hetero) is 2. The number of nitriles is 2. The molecule has 0 spiro atoms. The second kappa shape index (κ2) is 35.3. The third-order valence-electron chi connectivity index (χ3n) is 29.0. The molecule has 698 valence electrons. The first kappa shape index (κ1) is 90.2. The summed E-state index contributed by atoms with van der Waals surface area (Å²) in [6, 6.07) is 106. The summed E-state index contributed by atoms with van der Waals surface area (Å²) < 4.78 is 38.8. The first-order valence-corrected chi connectivity index (χ1v) is 49.1. The molecule has 0 radical (unpaired) electrons. The van der Waals surface area contributed by atoms with E-state index < -0.39 is 47.0 Å². The summed E-state index contributed by atoms with van der Waals surface area (Å²) in [5, 5.41) is 25.9. The number of carbonyl (C=O) groups is 6. The van der Waals surface area contributed by atoms with E-state index in [1.54, 1.807) is 30.3 Å². The van der Waals surface area contributed by atoms with Crippen molar-refractivity contribution in [3.8, 4) is 136 Å². The predicted octanol–water partition coefficient (Wildman–Crippen LogP) is 33.4. The van der Waals surface area contributed by atoms with E-state index in [9.17, 15) is 10.5 Å². The molecule has 144 heavy (non-hydrogen) atoms. The molecule has 1 aliphatic carbocycles. The van der Waals surface area contributed by atoms with Crippen molar-refractivity contribution in [2.45, 2.75) is 125 Å². The molecular weight excluding hydrogens is 1780 g/mol. The van der Waals surface area contributed by atoms with E-state index in [0.29, 0.717) is 139 Å². The van der Waals surface area contributed by atoms with E-state index in [1.165, 1.54) is 15.9 Å². The fourth-order valence-corrected chi connectivity index (χ4v) is 22.6. The Balaban J connectivity index is 0.821. The van der Waals surface area contributed by atoms with Crippen LogP contribution >= 0.6 is 0 Å². The number of anilines is 2. The molecule has 15 nitrogen and oxygen atoms in total. The molecule has 19 aromatic carbocycles. The lowest BCUT2D eigenvalue weighted by Crippen LogP contribution is -2.42. The van der Waals surface area contributed by atoms with Gasteiger partial charge in [0.15, 0.2) is 17.3 Å². The van der Waals surface area contributed by atoms with Gasteiger partial charge in [-0.25, -0.2) is 9.80 Å². The third kappa shape index (κ3) is 14.2. The minimum Gasteiger partial charge on any atom is -0.456 e. The first-order valence-electron chi connectivity index (χ1n) is 49.1. The maximum absolute atomic E-state index is 18.1. The SMILES string of the molecule is CC(C)c1cccc(C(C)C)c1C1C(=O)c2cc(C#N)c3c4c(c(C#N)cc(c24)C1=O)-c1ccc(-c2ccc(C(C)C)c(N4C(=O)c5cc(Oc6ccccc6-c6ccccc6)c6c7c(Oc8ccccc8-c8ccccc8)cc8c9c(cc(Oc%10ccccc%10-c%10ccccc%10)c(c%10c(Oc%11ccccc%11-c%11ccccc%11)cc(c5c6%10)C4=O)c97)C(=O)N(c4c(C(C)C)cccc4C(C)C)C8=O)c2C(C)C)cc1O3. The van der Waals surface area contributed by atoms with E-state index in [0.717, 1.165) is 44.5 Å². The Kier molecular flexibility index (Phi) is 22.1. The molecule has 0 fully saturated rings. The van der Waals surface area contributed by atoms with Crippen molar-refractivity contribution in [1.29, 1.82) is 10.5 Å². The highest BCUT2D eigenvalue weighted by molar-refractivity contribution is 6.49. The number of benzene rings is 19. The molecule has 3 aliphatic heterocycles. The molecule has 4 aliphatic rings. The minimum atomic E-state index is -1.24. The van der Waals surface area contributed by atoms with Crippen molar-refractivity contribution in [3.05, 3.63) is 405 Å². The highest BCUT2D eigenvalue weighted by atomic mass is 16.5. The van der Waals surface area contributed by atoms with E-state index in [4.69, 9.17) is 23.7 Å². The van der Waals surface area contributed by atoms with Gasteiger partial charge in [0, 0.05) is 98.4 Å². The molecule has 4 amide bonds. The molecule has 0 bridgehead atoms. The lowest BCUT2D eigenvalue weighted by Gasteiger charge is -2.35. The number of amides is 4. The van der Waals surface area contributed by atoms with Crippen molar-refractivity contribution in [2.24, 2.45) is 0 Å². The Morgan fingerprint density at radius 1 is 0.257 bits per heavy atom. The Hall–Kier alpha value is -17.7. The molecular formula is C129H96N4O11. The molecule has 0 aromatic heterocycles. The van der Waals surface area contributed by atoms with Crippen LogP contribution in [0.4, 0.5) is 11.4 Å². The summed E-state index contributed by atoms with van der Waals surface area (Å²) in [4.78, 5) is 105. The van der Waals surface area contributed by atoms with Crippen molar-refractivity contribution in [2.75, 3.05) is 9.80 Å². The molecule has 15 heteroatoms. The van der Waals surface area contributed by atoms with Crippen LogP contribution in [-0.2, 0) is 0 Å². The van der Waals surface area contributed by atoms with E-state index in [-0.39, 0.29) is 119 Å². The van der Waals surface area contributed by atoms with Crippen LogP contribution in [0.25, 0.3) is 121 Å². The highest BCUT2D eigenvalue weighted by Gasteiger charge is 2.48. The molecule has 3 heterocycles. The highest BCUT2D eigenvalue weighted by Crippen LogP contribution is 2.63. The number of rotatable bonds is 22. The fraction of sp³-hybridized carbons (Fsp3) is 0.147. The van der Waals surface area contributed by atoms with E-state index in [1.807, 2.05) is 341 Å². The summed E-state index contributed by atoms with van der Waals surface area (Å²) in [6.45, 7) is 24.5. The van der Waals surface area contributed by atoms with Crippen LogP contribution in [0.2, 0.25) is 0 Å². The van der Waals surface area contributed by atoms with Crippen LogP contribution in [0.1, 0.15) is 237 Å². The van der Waals surface area contributed by atoms with Gasteiger partial charge in [0.2, 0.25) is 0 Å². The quantitative estimate of drug-likeness (QED) is 0.0269. The third-order valence-corrected chi connectivity index (χ3v) is 29.0. The molecule has 19 aromatic rings. The van der Waals surface area contributed by atoms with Gasteiger partial charge in [-0.3, -0.25) is 28.8 Å². The van der Waals surface area contributed by atoms with Crippen LogP contribution < -0.4 is 33.5 Å². The standard InChI is InChI=1S/C129H96N4O11/c1-68(2)81-47-33-48-82(69(3)4)109(81)120-123(134)92-59-79(66-130)108-91-56-55-78(61-102(91)144-125-80(67-131)60-93(124(120)135)110(92)119(108)125)90-58-57-85(72(9)10)122(107(90)73(11)12)133-128(138)96-64-105(142-100-53-31-27-45-88(100)76-39-21-15-22-40-76)115-113-103(140-98-51-29-25-43-86(98)74-35-17-13-18-36-74)62-94-111-95(127(137)132(126(94)136)121-83(70(5)6)49-34-50-84(121)71(7)8)63-104(141-99-52-30-26-44-87(99)75-37-19-14-20-38-75)114(117(111)113)116-106(65-97(129(133)139)112(96)118(115)116)143-101-54-32-28-46-89(101)77-41-23-16-24-42-77/h13-65,68-73,120H,1-12H3. The van der Waals surface area contributed by atoms with Crippen molar-refractivity contribution in [3.63, 3.8) is 0 Å². The summed E-state index contributed by atoms with van der Waals surface area (Å²) in [5.74, 6) is -3.70. The molecule has 0 saturated carbocycles. The Bertz CT molecular complexity index is 8470. The van der Waals surface area contributed by atoms with Gasteiger partial charge in [-0.05, 0) is 181 Å². The monoisotopic (exact) mass is 1880 g/mol. The topological polar surface area (TPSA) is 203 Å². The zero-order valence-corrected chi connectivity index (χ0v) is 81.4. The Morgan fingerprint density at radius 2 is 0.576 bits per heavy atom. The van der Waals surface area contributed by atoms with E-state index >= 15 is 28.8 Å². The predicted molar refractivity (Wildman–Crippen MR) is 571 cm³/mol. The second-order valence-corrected chi connectivity index (χ2v) is 39.6. The van der Waals surface area contributed by atoms with Gasteiger partial charge < -0.3 is 23.7 Å². The lowest BCUT2D eigenvalue weighted by molar-refractivity contribution is 0.0846. The van der Waals surface area contributed by atoms with Crippen LogP contribution in [-0.4, -0.2) is 35.2 Å². The summed E-state index contributed by atoms with van der Waals surface area (Å²) in [5.41, 5.74) is 15.0. The van der Waals surface area contributed by atoms with Crippen molar-refractivity contribution < 1.29 is 52.5 Å². The minimum absolute atomic E-state index is 0.0285. The number of nitrogens with zero attached hydrogens (tertiary/aromatic N) is 4. The van der Waals surface area contributed by atoms with E-state index in [2.05, 4.69) is 39.8 Å². The number of hydrogen-bond donors (Lipinski definition) is 0. The Labute approximate surface area is 833 Å². The fourth-order valence-electron chi connectivity index (χ4n) is 22.6. The van der Waals surface area contributed by atoms with Gasteiger partial charge in [-0.15, -0.1) is 0 Å². The van der Waals surface area contributed by atoms with Crippen LogP contribution in [0.15, 0.2) is 322 Å². The van der Waals surface area contributed by atoms with Gasteiger partial charge in [-0.1, -0.05) is 332 Å². The van der Waals surface area contributed by atoms with Gasteiger partial charge in [-0.2, -0.15) is 10.5 Å². The first-order chi connectivity index (χ1) is 69.9. The Morgan fingerprint density at radius 3 is 0.931 bits per heavy atom. The van der Waals surface area contributed by atoms with Gasteiger partial charge in [0.05, 0.1) is 50.8 Å². The molecule has 1 atom stereocenters. The number of ketones is 2. The number of ether oxygens (including phenoxy) is 5. The average Bonchev–Trinajstić information content (AvgIpc) is 0.666. The van der Waals surface area contributed by atoms with Crippen LogP contribution in [0, 0.1) is 22.7 Å². The number of fused-ring (bicyclic) bond motifs is 4. The summed E-state index contributed by atoms with van der Waals surface area (Å²) >= 11 is 0. The van der Waals surface area contributed by atoms with Gasteiger partial charge in [0.1, 0.15) is 63.7 Å². The smallest absolute Gasteiger partial charge is 0.266 e. The van der Waals surface area contributed by atoms with Crippen LogP contribution in [0.3, 0.4) is 0 Å². The second-order valence-electron chi connectivity index (χ2n) is 39.6. The van der Waals surface area contributed by atoms with Gasteiger partial charge in [0.25, 0.3) is 23.6 Å². The number of para-hydroxylation sites is 5. The molecule has 0 N–H and O–H groups in total. The maximum atomic E-state index is 18.1. The molecule has 0 saturated heterocycles. The van der Waals surface area contributed by atoms with Gasteiger partial charge >= 0.3 is 0 Å². The lowest BCUT2D eigenvalue weighted by atomic mass is 9.70. The number of imide groups is 2. The largest absolute Gasteiger partial charge is 0.456 e. The van der Waals surface area contributed by atoms with Crippen molar-refractivity contribution in [1.82, 2.24) is 0 Å². The summed E-state index contributed by atoms with van der Waals surface area (Å²) in [6.07, 6.45) is 0. The zero-order chi connectivity index (χ0) is 99.4. The normalized spacial score (nSPS) is 13.7. The summed E-state index contributed by atoms with van der Waals surface area (Å²) in [7, 11) is 0. The zero-order valence-electron chi connectivity index (χ0n) is 81.4. The molecule has 1 unspecified atom stereocenters. The molecule has 23 rings (SSSR count). The van der Waals surface area contributed by atoms with Crippen LogP contribution in [0.5, 0.6) is 57.5 Å². The maximum Gasteiger partial charge on any atom is 0.266 e. The number of hydrogen-bond acceptors (Lipinski definition) is 13. The van der Waals surface area contributed by atoms with Crippen molar-refractivity contribution >= 4 is 100 Å². The average molecular weight is 1880 g/mol.